The quantitative estimate of drug-likeness (QED) is 0.666. The third-order valence-corrected chi connectivity index (χ3v) is 4.26. The van der Waals surface area contributed by atoms with E-state index in [2.05, 4.69) is 35.1 Å². The average molecular weight is 393 g/mol. The van der Waals surface area contributed by atoms with Gasteiger partial charge in [0, 0.05) is 28.7 Å². The topological polar surface area (TPSA) is 34.4 Å². The molecule has 1 N–H and O–H groups in total. The summed E-state index contributed by atoms with van der Waals surface area (Å²) in [5.74, 6) is 1.27. The summed E-state index contributed by atoms with van der Waals surface area (Å²) >= 11 is 15.4. The van der Waals surface area contributed by atoms with Crippen molar-refractivity contribution in [1.82, 2.24) is 5.32 Å². The van der Waals surface area contributed by atoms with Gasteiger partial charge in [-0.3, -0.25) is 0 Å². The van der Waals surface area contributed by atoms with Gasteiger partial charge in [0.15, 0.2) is 0 Å². The van der Waals surface area contributed by atoms with Crippen molar-refractivity contribution in [2.24, 2.45) is 0 Å². The van der Waals surface area contributed by atoms with Gasteiger partial charge in [0.1, 0.15) is 18.1 Å². The van der Waals surface area contributed by atoms with Gasteiger partial charge in [-0.2, -0.15) is 0 Å². The third kappa shape index (κ3) is 4.92. The Morgan fingerprint density at radius 1 is 1.24 bits per heavy atom. The molecule has 2 aromatic rings. The summed E-state index contributed by atoms with van der Waals surface area (Å²) in [6.07, 6.45) is 1.73. The van der Waals surface area contributed by atoms with Crippen molar-refractivity contribution in [2.75, 3.05) is 0 Å². The van der Waals surface area contributed by atoms with E-state index in [9.17, 15) is 0 Å². The number of rotatable bonds is 6. The Morgan fingerprint density at radius 3 is 2.71 bits per heavy atom. The molecule has 0 saturated heterocycles. The van der Waals surface area contributed by atoms with Gasteiger partial charge < -0.3 is 14.5 Å². The first-order chi connectivity index (χ1) is 9.95. The molecule has 0 fully saturated rings. The summed E-state index contributed by atoms with van der Waals surface area (Å²) in [5.41, 5.74) is 1.09. The van der Waals surface area contributed by atoms with E-state index in [0.717, 1.165) is 22.3 Å². The molecule has 21 heavy (non-hydrogen) atoms. The van der Waals surface area contributed by atoms with Crippen LogP contribution in [0.2, 0.25) is 10.0 Å². The summed E-state index contributed by atoms with van der Waals surface area (Å²) in [4.78, 5) is 0. The van der Waals surface area contributed by atoms with Crippen molar-refractivity contribution < 1.29 is 9.15 Å². The molecule has 0 bridgehead atoms. The van der Waals surface area contributed by atoms with Crippen LogP contribution in [0.5, 0.6) is 5.75 Å². The van der Waals surface area contributed by atoms with Gasteiger partial charge in [0.2, 0.25) is 0 Å². The number of hydrogen-bond acceptors (Lipinski definition) is 3. The zero-order valence-corrected chi connectivity index (χ0v) is 14.8. The van der Waals surface area contributed by atoms with Crippen LogP contribution in [0.1, 0.15) is 25.2 Å². The Bertz CT molecular complexity index is 614. The molecule has 0 unspecified atom stereocenters. The van der Waals surface area contributed by atoms with Gasteiger partial charge >= 0.3 is 0 Å². The molecule has 0 atom stereocenters. The van der Waals surface area contributed by atoms with Gasteiger partial charge in [-0.25, -0.2) is 0 Å². The minimum atomic E-state index is 0.305. The Hall–Kier alpha value is -0.680. The highest BCUT2D eigenvalue weighted by Crippen LogP contribution is 2.34. The van der Waals surface area contributed by atoms with Crippen LogP contribution in [-0.2, 0) is 13.2 Å². The number of benzene rings is 1. The maximum atomic E-state index is 6.10. The second kappa shape index (κ2) is 7.54. The van der Waals surface area contributed by atoms with Crippen molar-refractivity contribution in [1.29, 1.82) is 0 Å². The fourth-order valence-corrected chi connectivity index (χ4v) is 2.53. The van der Waals surface area contributed by atoms with E-state index in [4.69, 9.17) is 32.4 Å². The number of ether oxygens (including phenoxy) is 1. The molecule has 114 valence electrons. The lowest BCUT2D eigenvalue weighted by Gasteiger charge is -2.08. The van der Waals surface area contributed by atoms with E-state index in [1.54, 1.807) is 18.4 Å². The fraction of sp³-hybridized carbons (Fsp3) is 0.333. The van der Waals surface area contributed by atoms with E-state index >= 15 is 0 Å². The smallest absolute Gasteiger partial charge is 0.146 e. The standard InChI is InChI=1S/C15H16BrCl2NO2/c1-9(2)19-6-10-3-11(20-7-10)8-21-15-5-13(17)12(16)4-14(15)18/h3-5,7,9,19H,6,8H2,1-2H3. The first kappa shape index (κ1) is 16.7. The Kier molecular flexibility index (Phi) is 5.99. The van der Waals surface area contributed by atoms with Gasteiger partial charge in [-0.15, -0.1) is 0 Å². The predicted molar refractivity (Wildman–Crippen MR) is 89.2 cm³/mol. The second-order valence-electron chi connectivity index (χ2n) is 4.94. The van der Waals surface area contributed by atoms with Gasteiger partial charge in [0.05, 0.1) is 16.3 Å². The lowest BCUT2D eigenvalue weighted by molar-refractivity contribution is 0.270. The summed E-state index contributed by atoms with van der Waals surface area (Å²) in [6, 6.07) is 5.78. The molecule has 0 aliphatic rings. The Balaban J connectivity index is 1.96. The van der Waals surface area contributed by atoms with Crippen molar-refractivity contribution >= 4 is 39.1 Å². The van der Waals surface area contributed by atoms with Crippen molar-refractivity contribution in [3.63, 3.8) is 0 Å². The van der Waals surface area contributed by atoms with Crippen LogP contribution in [0.15, 0.2) is 33.4 Å². The van der Waals surface area contributed by atoms with Crippen LogP contribution < -0.4 is 10.1 Å². The van der Waals surface area contributed by atoms with Gasteiger partial charge in [0.25, 0.3) is 0 Å². The molecule has 0 saturated carbocycles. The second-order valence-corrected chi connectivity index (χ2v) is 6.61. The molecular weight excluding hydrogens is 377 g/mol. The molecule has 0 aliphatic heterocycles. The van der Waals surface area contributed by atoms with Crippen molar-refractivity contribution in [3.05, 3.63) is 50.3 Å². The van der Waals surface area contributed by atoms with Crippen LogP contribution >= 0.6 is 39.1 Å². The van der Waals surface area contributed by atoms with Crippen LogP contribution in [0.25, 0.3) is 0 Å². The predicted octanol–water partition coefficient (Wildman–Crippen LogP) is 5.43. The van der Waals surface area contributed by atoms with Crippen molar-refractivity contribution in [3.8, 4) is 5.75 Å². The number of hydrogen-bond donors (Lipinski definition) is 1. The summed E-state index contributed by atoms with van der Waals surface area (Å²) in [7, 11) is 0. The Morgan fingerprint density at radius 2 is 2.00 bits per heavy atom. The molecule has 0 spiro atoms. The largest absolute Gasteiger partial charge is 0.484 e. The lowest BCUT2D eigenvalue weighted by Crippen LogP contribution is -2.21. The monoisotopic (exact) mass is 391 g/mol. The van der Waals surface area contributed by atoms with E-state index in [1.165, 1.54) is 0 Å². The normalized spacial score (nSPS) is 11.1. The maximum Gasteiger partial charge on any atom is 0.146 e. The molecule has 6 heteroatoms. The highest BCUT2D eigenvalue weighted by molar-refractivity contribution is 9.10. The van der Waals surface area contributed by atoms with E-state index < -0.39 is 0 Å². The fourth-order valence-electron chi connectivity index (χ4n) is 1.68. The number of furan rings is 1. The summed E-state index contributed by atoms with van der Waals surface area (Å²) in [5, 5.41) is 4.38. The SMILES string of the molecule is CC(C)NCc1coc(COc2cc(Cl)c(Br)cc2Cl)c1. The van der Waals surface area contributed by atoms with Crippen molar-refractivity contribution in [2.45, 2.75) is 33.0 Å². The molecular formula is C15H16BrCl2NO2. The van der Waals surface area contributed by atoms with E-state index in [0.29, 0.717) is 28.4 Å². The van der Waals surface area contributed by atoms with E-state index in [-0.39, 0.29) is 0 Å². The number of nitrogens with one attached hydrogen (secondary N) is 1. The first-order valence-electron chi connectivity index (χ1n) is 6.52. The average Bonchev–Trinajstić information content (AvgIpc) is 2.87. The van der Waals surface area contributed by atoms with E-state index in [1.807, 2.05) is 6.07 Å². The highest BCUT2D eigenvalue weighted by Gasteiger charge is 2.09. The minimum absolute atomic E-state index is 0.305. The molecule has 3 nitrogen and oxygen atoms in total. The summed E-state index contributed by atoms with van der Waals surface area (Å²) < 4.78 is 11.8. The molecule has 1 heterocycles. The van der Waals surface area contributed by atoms with Crippen LogP contribution in [0.3, 0.4) is 0 Å². The van der Waals surface area contributed by atoms with Crippen LogP contribution in [0, 0.1) is 0 Å². The minimum Gasteiger partial charge on any atom is -0.484 e. The molecule has 0 aliphatic carbocycles. The zero-order chi connectivity index (χ0) is 15.4. The number of halogens is 3. The molecule has 1 aromatic carbocycles. The molecule has 2 rings (SSSR count). The van der Waals surface area contributed by atoms with Gasteiger partial charge in [-0.1, -0.05) is 37.0 Å². The molecule has 1 aromatic heterocycles. The molecule has 0 amide bonds. The zero-order valence-electron chi connectivity index (χ0n) is 11.8. The molecule has 0 radical (unpaired) electrons. The van der Waals surface area contributed by atoms with Crippen LogP contribution in [-0.4, -0.2) is 6.04 Å². The summed E-state index contributed by atoms with van der Waals surface area (Å²) in [6.45, 7) is 5.28. The Labute approximate surface area is 142 Å². The van der Waals surface area contributed by atoms with Crippen LogP contribution in [0.4, 0.5) is 0 Å². The highest BCUT2D eigenvalue weighted by atomic mass is 79.9. The maximum absolute atomic E-state index is 6.10. The lowest BCUT2D eigenvalue weighted by atomic mass is 10.3. The third-order valence-electron chi connectivity index (χ3n) is 2.77. The first-order valence-corrected chi connectivity index (χ1v) is 8.07. The van der Waals surface area contributed by atoms with Gasteiger partial charge in [-0.05, 0) is 28.1 Å².